The molecule has 0 unspecified atom stereocenters. The molecule has 0 saturated carbocycles. The van der Waals surface area contributed by atoms with Gasteiger partial charge in [-0.05, 0) is 49.2 Å². The number of rotatable bonds is 7. The van der Waals surface area contributed by atoms with Crippen molar-refractivity contribution in [3.63, 3.8) is 0 Å². The summed E-state index contributed by atoms with van der Waals surface area (Å²) in [7, 11) is 1.30. The van der Waals surface area contributed by atoms with E-state index >= 15 is 0 Å². The molecule has 1 fully saturated rings. The number of hydrogen-bond acceptors (Lipinski definition) is 5. The second kappa shape index (κ2) is 9.87. The highest BCUT2D eigenvalue weighted by Gasteiger charge is 2.29. The molecule has 0 N–H and O–H groups in total. The van der Waals surface area contributed by atoms with E-state index in [9.17, 15) is 14.4 Å². The normalized spacial score (nSPS) is 16.2. The molecular weight excluding hydrogens is 370 g/mol. The van der Waals surface area contributed by atoms with E-state index < -0.39 is 5.97 Å². The second-order valence-corrected chi connectivity index (χ2v) is 7.06. The summed E-state index contributed by atoms with van der Waals surface area (Å²) < 4.78 is 10.3. The molecule has 6 heteroatoms. The van der Waals surface area contributed by atoms with Gasteiger partial charge >= 0.3 is 5.97 Å². The minimum Gasteiger partial charge on any atom is -0.469 e. The number of hydrogen-bond donors (Lipinski definition) is 0. The molecule has 1 atom stereocenters. The van der Waals surface area contributed by atoms with Gasteiger partial charge in [0.05, 0.1) is 13.5 Å². The van der Waals surface area contributed by atoms with Gasteiger partial charge in [0, 0.05) is 31.0 Å². The lowest BCUT2D eigenvalue weighted by atomic mass is 9.90. The van der Waals surface area contributed by atoms with Gasteiger partial charge in [-0.15, -0.1) is 0 Å². The van der Waals surface area contributed by atoms with E-state index in [4.69, 9.17) is 4.74 Å². The SMILES string of the molecule is COC(=O)CCC(=O)N1CCC[C@H](C(=O)c2ccc(Oc3ccccc3)cc2)C1. The molecule has 0 aliphatic carbocycles. The predicted molar refractivity (Wildman–Crippen MR) is 108 cm³/mol. The standard InChI is InChI=1S/C23H25NO5/c1-28-22(26)14-13-21(25)24-15-5-6-18(16-24)23(27)17-9-11-20(12-10-17)29-19-7-3-2-4-8-19/h2-4,7-12,18H,5-6,13-16H2,1H3/t18-/m0/s1. The minimum atomic E-state index is -0.402. The van der Waals surface area contributed by atoms with E-state index in [1.807, 2.05) is 30.3 Å². The highest BCUT2D eigenvalue weighted by atomic mass is 16.5. The summed E-state index contributed by atoms with van der Waals surface area (Å²) in [5.41, 5.74) is 0.610. The lowest BCUT2D eigenvalue weighted by Gasteiger charge is -2.32. The van der Waals surface area contributed by atoms with Gasteiger partial charge in [0.25, 0.3) is 0 Å². The molecule has 152 valence electrons. The number of para-hydroxylation sites is 1. The Bertz CT molecular complexity index is 847. The van der Waals surface area contributed by atoms with Crippen molar-refractivity contribution in [1.82, 2.24) is 4.90 Å². The number of Topliss-reactive ketones (excluding diaryl/α,β-unsaturated/α-hetero) is 1. The number of carbonyl (C=O) groups is 3. The summed E-state index contributed by atoms with van der Waals surface area (Å²) in [6, 6.07) is 16.5. The average molecular weight is 395 g/mol. The lowest BCUT2D eigenvalue weighted by molar-refractivity contribution is -0.144. The zero-order chi connectivity index (χ0) is 20.6. The second-order valence-electron chi connectivity index (χ2n) is 7.06. The van der Waals surface area contributed by atoms with Crippen LogP contribution in [-0.4, -0.2) is 42.8 Å². The Balaban J connectivity index is 1.57. The van der Waals surface area contributed by atoms with Crippen molar-refractivity contribution in [2.45, 2.75) is 25.7 Å². The Morgan fingerprint density at radius 2 is 1.66 bits per heavy atom. The van der Waals surface area contributed by atoms with Gasteiger partial charge in [0.15, 0.2) is 5.78 Å². The Hall–Kier alpha value is -3.15. The first-order valence-corrected chi connectivity index (χ1v) is 9.78. The van der Waals surface area contributed by atoms with Gasteiger partial charge < -0.3 is 14.4 Å². The molecule has 1 aliphatic heterocycles. The van der Waals surface area contributed by atoms with Crippen LogP contribution in [0, 0.1) is 5.92 Å². The number of ketones is 1. The number of methoxy groups -OCH3 is 1. The van der Waals surface area contributed by atoms with Crippen LogP contribution in [-0.2, 0) is 14.3 Å². The van der Waals surface area contributed by atoms with Crippen molar-refractivity contribution in [1.29, 1.82) is 0 Å². The number of benzene rings is 2. The summed E-state index contributed by atoms with van der Waals surface area (Å²) >= 11 is 0. The Kier molecular flexibility index (Phi) is 7.00. The van der Waals surface area contributed by atoms with E-state index in [1.54, 1.807) is 29.2 Å². The van der Waals surface area contributed by atoms with Gasteiger partial charge in [-0.1, -0.05) is 18.2 Å². The van der Waals surface area contributed by atoms with Crippen LogP contribution in [0.25, 0.3) is 0 Å². The molecule has 2 aromatic carbocycles. The van der Waals surface area contributed by atoms with Crippen LogP contribution in [0.3, 0.4) is 0 Å². The maximum absolute atomic E-state index is 12.9. The number of nitrogens with zero attached hydrogens (tertiary/aromatic N) is 1. The number of likely N-dealkylation sites (tertiary alicyclic amines) is 1. The molecule has 6 nitrogen and oxygen atoms in total. The minimum absolute atomic E-state index is 0.0294. The Morgan fingerprint density at radius 1 is 0.966 bits per heavy atom. The fraction of sp³-hybridized carbons (Fsp3) is 0.348. The topological polar surface area (TPSA) is 72.9 Å². The zero-order valence-electron chi connectivity index (χ0n) is 16.5. The first-order valence-electron chi connectivity index (χ1n) is 9.78. The zero-order valence-corrected chi connectivity index (χ0v) is 16.5. The molecule has 1 aliphatic rings. The van der Waals surface area contributed by atoms with Gasteiger partial charge in [-0.25, -0.2) is 0 Å². The van der Waals surface area contributed by atoms with Crippen LogP contribution < -0.4 is 4.74 Å². The van der Waals surface area contributed by atoms with Gasteiger partial charge in [-0.2, -0.15) is 0 Å². The van der Waals surface area contributed by atoms with Crippen LogP contribution in [0.4, 0.5) is 0 Å². The smallest absolute Gasteiger partial charge is 0.306 e. The number of piperidine rings is 1. The monoisotopic (exact) mass is 395 g/mol. The molecule has 29 heavy (non-hydrogen) atoms. The molecular formula is C23H25NO5. The van der Waals surface area contributed by atoms with Crippen molar-refractivity contribution >= 4 is 17.7 Å². The van der Waals surface area contributed by atoms with Gasteiger partial charge in [-0.3, -0.25) is 14.4 Å². The van der Waals surface area contributed by atoms with Crippen molar-refractivity contribution in [2.75, 3.05) is 20.2 Å². The largest absolute Gasteiger partial charge is 0.469 e. The Morgan fingerprint density at radius 3 is 2.34 bits per heavy atom. The van der Waals surface area contributed by atoms with E-state index in [-0.39, 0.29) is 30.4 Å². The van der Waals surface area contributed by atoms with Crippen LogP contribution in [0.1, 0.15) is 36.0 Å². The van der Waals surface area contributed by atoms with E-state index in [0.717, 1.165) is 18.6 Å². The number of esters is 1. The number of carbonyl (C=O) groups excluding carboxylic acids is 3. The molecule has 1 saturated heterocycles. The third kappa shape index (κ3) is 5.67. The molecule has 0 spiro atoms. The maximum Gasteiger partial charge on any atom is 0.306 e. The summed E-state index contributed by atoms with van der Waals surface area (Å²) in [5.74, 6) is 0.685. The Labute approximate surface area is 170 Å². The van der Waals surface area contributed by atoms with E-state index in [1.165, 1.54) is 7.11 Å². The first-order chi connectivity index (χ1) is 14.1. The highest BCUT2D eigenvalue weighted by molar-refractivity contribution is 5.98. The van der Waals surface area contributed by atoms with Crippen molar-refractivity contribution in [2.24, 2.45) is 5.92 Å². The van der Waals surface area contributed by atoms with E-state index in [2.05, 4.69) is 4.74 Å². The molecule has 2 aromatic rings. The van der Waals surface area contributed by atoms with Crippen molar-refractivity contribution < 1.29 is 23.9 Å². The summed E-state index contributed by atoms with van der Waals surface area (Å²) in [6.07, 6.45) is 1.70. The molecule has 0 aromatic heterocycles. The molecule has 3 rings (SSSR count). The third-order valence-electron chi connectivity index (χ3n) is 5.03. The van der Waals surface area contributed by atoms with Crippen molar-refractivity contribution in [3.05, 3.63) is 60.2 Å². The molecule has 1 heterocycles. The van der Waals surface area contributed by atoms with Crippen LogP contribution in [0.5, 0.6) is 11.5 Å². The van der Waals surface area contributed by atoms with Crippen molar-refractivity contribution in [3.8, 4) is 11.5 Å². The fourth-order valence-corrected chi connectivity index (χ4v) is 3.43. The van der Waals surface area contributed by atoms with Crippen LogP contribution in [0.2, 0.25) is 0 Å². The highest BCUT2D eigenvalue weighted by Crippen LogP contribution is 2.25. The third-order valence-corrected chi connectivity index (χ3v) is 5.03. The number of ether oxygens (including phenoxy) is 2. The quantitative estimate of drug-likeness (QED) is 0.526. The fourth-order valence-electron chi connectivity index (χ4n) is 3.43. The molecule has 1 amide bonds. The lowest BCUT2D eigenvalue weighted by Crippen LogP contribution is -2.42. The first kappa shape index (κ1) is 20.6. The van der Waals surface area contributed by atoms with E-state index in [0.29, 0.717) is 24.4 Å². The van der Waals surface area contributed by atoms with Gasteiger partial charge in [0.2, 0.25) is 5.91 Å². The predicted octanol–water partition coefficient (Wildman–Crippen LogP) is 3.85. The number of amides is 1. The van der Waals surface area contributed by atoms with Gasteiger partial charge in [0.1, 0.15) is 11.5 Å². The summed E-state index contributed by atoms with van der Waals surface area (Å²) in [6.45, 7) is 1.01. The van der Waals surface area contributed by atoms with Crippen LogP contribution >= 0.6 is 0 Å². The summed E-state index contributed by atoms with van der Waals surface area (Å²) in [5, 5.41) is 0. The molecule has 0 radical (unpaired) electrons. The maximum atomic E-state index is 12.9. The summed E-state index contributed by atoms with van der Waals surface area (Å²) in [4.78, 5) is 38.2. The average Bonchev–Trinajstić information content (AvgIpc) is 2.78. The molecule has 0 bridgehead atoms. The van der Waals surface area contributed by atoms with Crippen LogP contribution in [0.15, 0.2) is 54.6 Å².